The van der Waals surface area contributed by atoms with E-state index in [0.29, 0.717) is 37.6 Å². The predicted octanol–water partition coefficient (Wildman–Crippen LogP) is 1.06. The Morgan fingerprint density at radius 2 is 2.22 bits per heavy atom. The van der Waals surface area contributed by atoms with Crippen molar-refractivity contribution in [3.63, 3.8) is 0 Å². The van der Waals surface area contributed by atoms with Crippen LogP contribution in [-0.2, 0) is 11.3 Å². The van der Waals surface area contributed by atoms with Crippen molar-refractivity contribution >= 4 is 5.91 Å². The third-order valence-electron chi connectivity index (χ3n) is 2.45. The summed E-state index contributed by atoms with van der Waals surface area (Å²) in [4.78, 5) is 11.3. The molecule has 0 aliphatic carbocycles. The molecule has 0 heterocycles. The lowest BCUT2D eigenvalue weighted by atomic mass is 10.2. The van der Waals surface area contributed by atoms with E-state index in [-0.39, 0.29) is 5.91 Å². The zero-order chi connectivity index (χ0) is 13.4. The first-order chi connectivity index (χ1) is 8.71. The van der Waals surface area contributed by atoms with Crippen LogP contribution in [0.1, 0.15) is 18.9 Å². The molecule has 18 heavy (non-hydrogen) atoms. The van der Waals surface area contributed by atoms with Crippen LogP contribution in [0.2, 0.25) is 0 Å². The van der Waals surface area contributed by atoms with E-state index in [0.717, 1.165) is 5.56 Å². The number of nitrogens with two attached hydrogens (primary N) is 1. The summed E-state index contributed by atoms with van der Waals surface area (Å²) in [5.41, 5.74) is 6.52. The summed E-state index contributed by atoms with van der Waals surface area (Å²) in [7, 11) is 1.59. The zero-order valence-corrected chi connectivity index (χ0v) is 10.9. The van der Waals surface area contributed by atoms with Crippen molar-refractivity contribution in [1.29, 1.82) is 0 Å². The number of methoxy groups -OCH3 is 1. The van der Waals surface area contributed by atoms with Crippen LogP contribution in [0.3, 0.4) is 0 Å². The molecule has 0 bridgehead atoms. The lowest BCUT2D eigenvalue weighted by Gasteiger charge is -2.11. The van der Waals surface area contributed by atoms with E-state index in [1.54, 1.807) is 13.2 Å². The quantitative estimate of drug-likeness (QED) is 0.761. The maximum atomic E-state index is 11.3. The Morgan fingerprint density at radius 1 is 1.44 bits per heavy atom. The van der Waals surface area contributed by atoms with Crippen molar-refractivity contribution < 1.29 is 14.3 Å². The van der Waals surface area contributed by atoms with Gasteiger partial charge in [-0.2, -0.15) is 0 Å². The Kier molecular flexibility index (Phi) is 6.00. The molecule has 0 atom stereocenters. The van der Waals surface area contributed by atoms with Gasteiger partial charge in [-0.3, -0.25) is 4.79 Å². The molecule has 0 saturated carbocycles. The Bertz CT molecular complexity index is 394. The number of hydrogen-bond donors (Lipinski definition) is 2. The van der Waals surface area contributed by atoms with Crippen LogP contribution in [-0.4, -0.2) is 26.2 Å². The number of carbonyl (C=O) groups is 1. The molecule has 3 N–H and O–H groups in total. The molecular formula is C13H20N2O3. The third-order valence-corrected chi connectivity index (χ3v) is 2.45. The zero-order valence-electron chi connectivity index (χ0n) is 10.9. The van der Waals surface area contributed by atoms with Gasteiger partial charge in [-0.1, -0.05) is 6.07 Å². The number of benzene rings is 1. The van der Waals surface area contributed by atoms with Gasteiger partial charge in [0.1, 0.15) is 11.5 Å². The number of carbonyl (C=O) groups excluding carboxylic acids is 1. The minimum Gasteiger partial charge on any atom is -0.497 e. The summed E-state index contributed by atoms with van der Waals surface area (Å²) in [6.07, 6.45) is 0.328. The van der Waals surface area contributed by atoms with Gasteiger partial charge in [-0.15, -0.1) is 0 Å². The monoisotopic (exact) mass is 252 g/mol. The fourth-order valence-electron chi connectivity index (χ4n) is 1.50. The summed E-state index contributed by atoms with van der Waals surface area (Å²) in [6, 6.07) is 5.47. The summed E-state index contributed by atoms with van der Waals surface area (Å²) in [5, 5.41) is 2.71. The normalized spacial score (nSPS) is 9.94. The van der Waals surface area contributed by atoms with Gasteiger partial charge in [0.2, 0.25) is 5.91 Å². The smallest absolute Gasteiger partial charge is 0.223 e. The molecular weight excluding hydrogens is 232 g/mol. The molecule has 0 radical (unpaired) electrons. The Balaban J connectivity index is 2.57. The average molecular weight is 252 g/mol. The summed E-state index contributed by atoms with van der Waals surface area (Å²) >= 11 is 0. The highest BCUT2D eigenvalue weighted by Crippen LogP contribution is 2.24. The maximum absolute atomic E-state index is 11.3. The molecule has 100 valence electrons. The lowest BCUT2D eigenvalue weighted by molar-refractivity contribution is -0.121. The minimum absolute atomic E-state index is 0.0188. The minimum atomic E-state index is -0.0188. The van der Waals surface area contributed by atoms with E-state index >= 15 is 0 Å². The van der Waals surface area contributed by atoms with Crippen LogP contribution in [0.15, 0.2) is 18.2 Å². The molecule has 1 aromatic carbocycles. The van der Waals surface area contributed by atoms with E-state index in [2.05, 4.69) is 5.32 Å². The van der Waals surface area contributed by atoms with Gasteiger partial charge < -0.3 is 20.5 Å². The molecule has 0 unspecified atom stereocenters. The first-order valence-corrected chi connectivity index (χ1v) is 5.97. The number of hydrogen-bond acceptors (Lipinski definition) is 4. The van der Waals surface area contributed by atoms with E-state index in [1.807, 2.05) is 19.1 Å². The first kappa shape index (κ1) is 14.3. The number of nitrogens with one attached hydrogen (secondary N) is 1. The molecule has 0 fully saturated rings. The van der Waals surface area contributed by atoms with Gasteiger partial charge in [0, 0.05) is 24.7 Å². The molecule has 0 aliphatic heterocycles. The second kappa shape index (κ2) is 7.55. The Hall–Kier alpha value is -1.75. The summed E-state index contributed by atoms with van der Waals surface area (Å²) < 4.78 is 10.7. The van der Waals surface area contributed by atoms with Gasteiger partial charge in [-0.25, -0.2) is 0 Å². The van der Waals surface area contributed by atoms with Crippen molar-refractivity contribution in [1.82, 2.24) is 5.32 Å². The molecule has 0 spiro atoms. The summed E-state index contributed by atoms with van der Waals surface area (Å²) in [6.45, 7) is 3.23. The second-order valence-corrected chi connectivity index (χ2v) is 3.73. The van der Waals surface area contributed by atoms with Gasteiger partial charge in [0.05, 0.1) is 20.1 Å². The SMILES string of the molecule is CCNC(=O)CCOc1cc(OC)ccc1CN. The van der Waals surface area contributed by atoms with Crippen LogP contribution >= 0.6 is 0 Å². The van der Waals surface area contributed by atoms with Crippen molar-refractivity contribution in [2.24, 2.45) is 5.73 Å². The number of rotatable bonds is 7. The van der Waals surface area contributed by atoms with Crippen LogP contribution in [0.4, 0.5) is 0 Å². The standard InChI is InChI=1S/C13H20N2O3/c1-3-15-13(16)6-7-18-12-8-11(17-2)5-4-10(12)9-14/h4-5,8H,3,6-7,9,14H2,1-2H3,(H,15,16). The largest absolute Gasteiger partial charge is 0.497 e. The molecule has 0 aliphatic rings. The molecule has 1 amide bonds. The molecule has 0 aromatic heterocycles. The van der Waals surface area contributed by atoms with Crippen LogP contribution in [0.5, 0.6) is 11.5 Å². The van der Waals surface area contributed by atoms with Gasteiger partial charge >= 0.3 is 0 Å². The van der Waals surface area contributed by atoms with Crippen molar-refractivity contribution in [3.8, 4) is 11.5 Å². The van der Waals surface area contributed by atoms with E-state index in [4.69, 9.17) is 15.2 Å². The number of ether oxygens (including phenoxy) is 2. The molecule has 5 heteroatoms. The Labute approximate surface area is 107 Å². The fourth-order valence-corrected chi connectivity index (χ4v) is 1.50. The predicted molar refractivity (Wildman–Crippen MR) is 69.7 cm³/mol. The highest BCUT2D eigenvalue weighted by Gasteiger charge is 2.06. The van der Waals surface area contributed by atoms with Crippen molar-refractivity contribution in [2.75, 3.05) is 20.3 Å². The van der Waals surface area contributed by atoms with Gasteiger partial charge in [0.15, 0.2) is 0 Å². The number of amides is 1. The highest BCUT2D eigenvalue weighted by molar-refractivity contribution is 5.75. The van der Waals surface area contributed by atoms with Crippen LogP contribution in [0, 0.1) is 0 Å². The topological polar surface area (TPSA) is 73.6 Å². The van der Waals surface area contributed by atoms with Crippen LogP contribution in [0.25, 0.3) is 0 Å². The van der Waals surface area contributed by atoms with Gasteiger partial charge in [0.25, 0.3) is 0 Å². The maximum Gasteiger partial charge on any atom is 0.223 e. The summed E-state index contributed by atoms with van der Waals surface area (Å²) in [5.74, 6) is 1.36. The first-order valence-electron chi connectivity index (χ1n) is 5.97. The van der Waals surface area contributed by atoms with E-state index < -0.39 is 0 Å². The molecule has 1 aromatic rings. The highest BCUT2D eigenvalue weighted by atomic mass is 16.5. The van der Waals surface area contributed by atoms with Crippen LogP contribution < -0.4 is 20.5 Å². The molecule has 1 rings (SSSR count). The van der Waals surface area contributed by atoms with Crippen molar-refractivity contribution in [2.45, 2.75) is 19.9 Å². The molecule has 5 nitrogen and oxygen atoms in total. The van der Waals surface area contributed by atoms with Crippen molar-refractivity contribution in [3.05, 3.63) is 23.8 Å². The third kappa shape index (κ3) is 4.25. The average Bonchev–Trinajstić information content (AvgIpc) is 2.39. The lowest BCUT2D eigenvalue weighted by Crippen LogP contribution is -2.24. The fraction of sp³-hybridized carbons (Fsp3) is 0.462. The Morgan fingerprint density at radius 3 is 2.83 bits per heavy atom. The van der Waals surface area contributed by atoms with E-state index in [9.17, 15) is 4.79 Å². The second-order valence-electron chi connectivity index (χ2n) is 3.73. The van der Waals surface area contributed by atoms with Gasteiger partial charge in [-0.05, 0) is 13.0 Å². The van der Waals surface area contributed by atoms with E-state index in [1.165, 1.54) is 0 Å². The molecule has 0 saturated heterocycles.